The third-order valence-electron chi connectivity index (χ3n) is 2.32. The van der Waals surface area contributed by atoms with Crippen molar-refractivity contribution >= 4 is 5.78 Å². The molecular formula is C11H8F6O2. The van der Waals surface area contributed by atoms with Gasteiger partial charge in [-0.3, -0.25) is 4.79 Å². The van der Waals surface area contributed by atoms with Crippen molar-refractivity contribution in [2.45, 2.75) is 19.3 Å². The third-order valence-corrected chi connectivity index (χ3v) is 2.32. The van der Waals surface area contributed by atoms with E-state index in [0.29, 0.717) is 0 Å². The lowest BCUT2D eigenvalue weighted by Crippen LogP contribution is -2.17. The molecule has 0 unspecified atom stereocenters. The van der Waals surface area contributed by atoms with Gasteiger partial charge in [0.1, 0.15) is 5.75 Å². The van der Waals surface area contributed by atoms with E-state index in [1.54, 1.807) is 0 Å². The van der Waals surface area contributed by atoms with Gasteiger partial charge in [-0.2, -0.15) is 26.3 Å². The molecule has 0 atom stereocenters. The van der Waals surface area contributed by atoms with Crippen molar-refractivity contribution in [3.05, 3.63) is 28.8 Å². The van der Waals surface area contributed by atoms with Crippen molar-refractivity contribution < 1.29 is 35.9 Å². The van der Waals surface area contributed by atoms with Crippen LogP contribution in [0.4, 0.5) is 26.3 Å². The summed E-state index contributed by atoms with van der Waals surface area (Å²) < 4.78 is 80.3. The third kappa shape index (κ3) is 2.99. The molecule has 0 saturated heterocycles. The smallest absolute Gasteiger partial charge is 0.419 e. The Balaban J connectivity index is 3.72. The standard InChI is InChI=1S/C11H8F6O2/c1-5(18)8-6(10(12,13)14)3-4-7(9(8)19-2)11(15,16)17/h3-4H,1-2H3. The number of ether oxygens (including phenoxy) is 1. The fraction of sp³-hybridized carbons (Fsp3) is 0.364. The van der Waals surface area contributed by atoms with Crippen LogP contribution < -0.4 is 4.74 Å². The molecule has 0 aliphatic heterocycles. The summed E-state index contributed by atoms with van der Waals surface area (Å²) in [5, 5.41) is 0. The molecule has 0 aliphatic rings. The van der Waals surface area contributed by atoms with Gasteiger partial charge in [0.2, 0.25) is 0 Å². The van der Waals surface area contributed by atoms with Crippen molar-refractivity contribution in [3.63, 3.8) is 0 Å². The van der Waals surface area contributed by atoms with E-state index in [2.05, 4.69) is 4.74 Å². The number of Topliss-reactive ketones (excluding diaryl/α,β-unsaturated/α-hetero) is 1. The van der Waals surface area contributed by atoms with Gasteiger partial charge in [-0.15, -0.1) is 0 Å². The summed E-state index contributed by atoms with van der Waals surface area (Å²) >= 11 is 0. The summed E-state index contributed by atoms with van der Waals surface area (Å²) in [4.78, 5) is 11.2. The number of hydrogen-bond acceptors (Lipinski definition) is 2. The zero-order chi connectivity index (χ0) is 15.0. The van der Waals surface area contributed by atoms with Gasteiger partial charge in [0.25, 0.3) is 0 Å². The number of rotatable bonds is 2. The molecule has 1 rings (SSSR count). The van der Waals surface area contributed by atoms with Gasteiger partial charge in [0.05, 0.1) is 23.8 Å². The predicted molar refractivity (Wildman–Crippen MR) is 53.0 cm³/mol. The molecule has 0 aromatic heterocycles. The lowest BCUT2D eigenvalue weighted by molar-refractivity contribution is -0.142. The van der Waals surface area contributed by atoms with E-state index in [-0.39, 0.29) is 12.1 Å². The number of carbonyl (C=O) groups is 1. The zero-order valence-electron chi connectivity index (χ0n) is 9.74. The summed E-state index contributed by atoms with van der Waals surface area (Å²) in [7, 11) is 0.775. The van der Waals surface area contributed by atoms with Crippen LogP contribution in [-0.2, 0) is 12.4 Å². The van der Waals surface area contributed by atoms with Crippen molar-refractivity contribution in [1.82, 2.24) is 0 Å². The van der Waals surface area contributed by atoms with E-state index in [1.807, 2.05) is 0 Å². The van der Waals surface area contributed by atoms with Gasteiger partial charge >= 0.3 is 12.4 Å². The Morgan fingerprint density at radius 2 is 1.42 bits per heavy atom. The second-order valence-electron chi connectivity index (χ2n) is 3.62. The number of halogens is 6. The van der Waals surface area contributed by atoms with E-state index < -0.39 is 40.6 Å². The first-order valence-corrected chi connectivity index (χ1v) is 4.86. The van der Waals surface area contributed by atoms with E-state index >= 15 is 0 Å². The van der Waals surface area contributed by atoms with Crippen LogP contribution in [0.15, 0.2) is 12.1 Å². The molecule has 0 bridgehead atoms. The first-order valence-electron chi connectivity index (χ1n) is 4.86. The van der Waals surface area contributed by atoms with Crippen LogP contribution in [0, 0.1) is 0 Å². The topological polar surface area (TPSA) is 26.3 Å². The molecule has 0 spiro atoms. The van der Waals surface area contributed by atoms with Gasteiger partial charge in [-0.1, -0.05) is 0 Å². The maximum atomic E-state index is 12.7. The Labute approximate surface area is 104 Å². The Hall–Kier alpha value is -1.73. The first-order chi connectivity index (χ1) is 8.50. The molecule has 19 heavy (non-hydrogen) atoms. The second kappa shape index (κ2) is 4.75. The summed E-state index contributed by atoms with van der Waals surface area (Å²) in [6, 6.07) is 0.468. The molecule has 0 saturated carbocycles. The van der Waals surface area contributed by atoms with Crippen LogP contribution in [-0.4, -0.2) is 12.9 Å². The Morgan fingerprint density at radius 3 is 1.74 bits per heavy atom. The number of alkyl halides is 6. The van der Waals surface area contributed by atoms with Crippen molar-refractivity contribution in [2.75, 3.05) is 7.11 Å². The Morgan fingerprint density at radius 1 is 1.00 bits per heavy atom. The number of ketones is 1. The van der Waals surface area contributed by atoms with E-state index in [4.69, 9.17) is 0 Å². The van der Waals surface area contributed by atoms with E-state index in [9.17, 15) is 31.1 Å². The highest BCUT2D eigenvalue weighted by atomic mass is 19.4. The fourth-order valence-electron chi connectivity index (χ4n) is 1.60. The largest absolute Gasteiger partial charge is 0.495 e. The average Bonchev–Trinajstić information content (AvgIpc) is 2.24. The van der Waals surface area contributed by atoms with Gasteiger partial charge in [-0.25, -0.2) is 0 Å². The maximum Gasteiger partial charge on any atom is 0.419 e. The predicted octanol–water partition coefficient (Wildman–Crippen LogP) is 3.94. The minimum atomic E-state index is -4.95. The van der Waals surface area contributed by atoms with Crippen LogP contribution in [0.5, 0.6) is 5.75 Å². The first kappa shape index (κ1) is 15.3. The van der Waals surface area contributed by atoms with Crippen molar-refractivity contribution in [2.24, 2.45) is 0 Å². The summed E-state index contributed by atoms with van der Waals surface area (Å²) in [6.07, 6.45) is -9.86. The SMILES string of the molecule is COc1c(C(F)(F)F)ccc(C(F)(F)F)c1C(C)=O. The Kier molecular flexibility index (Phi) is 3.83. The molecule has 0 amide bonds. The zero-order valence-corrected chi connectivity index (χ0v) is 9.74. The molecule has 0 N–H and O–H groups in total. The molecule has 0 radical (unpaired) electrons. The minimum Gasteiger partial charge on any atom is -0.495 e. The summed E-state index contributed by atoms with van der Waals surface area (Å²) in [5.41, 5.74) is -4.00. The normalized spacial score (nSPS) is 12.4. The molecule has 106 valence electrons. The molecule has 1 aromatic rings. The summed E-state index contributed by atoms with van der Waals surface area (Å²) in [6.45, 7) is 0.743. The average molecular weight is 286 g/mol. The van der Waals surface area contributed by atoms with Crippen LogP contribution in [0.25, 0.3) is 0 Å². The minimum absolute atomic E-state index is 0.224. The maximum absolute atomic E-state index is 12.7. The molecule has 2 nitrogen and oxygen atoms in total. The molecule has 0 aliphatic carbocycles. The lowest BCUT2D eigenvalue weighted by atomic mass is 9.98. The highest BCUT2D eigenvalue weighted by Gasteiger charge is 2.41. The molecule has 0 fully saturated rings. The molecular weight excluding hydrogens is 278 g/mol. The van der Waals surface area contributed by atoms with E-state index in [0.717, 1.165) is 14.0 Å². The fourth-order valence-corrected chi connectivity index (χ4v) is 1.60. The van der Waals surface area contributed by atoms with E-state index in [1.165, 1.54) is 0 Å². The van der Waals surface area contributed by atoms with Gasteiger partial charge < -0.3 is 4.74 Å². The lowest BCUT2D eigenvalue weighted by Gasteiger charge is -2.18. The number of carbonyl (C=O) groups excluding carboxylic acids is 1. The molecule has 0 heterocycles. The molecule has 8 heteroatoms. The van der Waals surface area contributed by atoms with Crippen LogP contribution in [0.3, 0.4) is 0 Å². The van der Waals surface area contributed by atoms with Gasteiger partial charge in [-0.05, 0) is 19.1 Å². The second-order valence-corrected chi connectivity index (χ2v) is 3.62. The Bertz CT molecular complexity index is 501. The number of benzene rings is 1. The summed E-state index contributed by atoms with van der Waals surface area (Å²) in [5.74, 6) is -2.27. The number of methoxy groups -OCH3 is 1. The number of hydrogen-bond donors (Lipinski definition) is 0. The van der Waals surface area contributed by atoms with Gasteiger partial charge in [0, 0.05) is 0 Å². The van der Waals surface area contributed by atoms with Crippen LogP contribution in [0.1, 0.15) is 28.4 Å². The quantitative estimate of drug-likeness (QED) is 0.608. The van der Waals surface area contributed by atoms with Crippen molar-refractivity contribution in [3.8, 4) is 5.75 Å². The van der Waals surface area contributed by atoms with Crippen molar-refractivity contribution in [1.29, 1.82) is 0 Å². The monoisotopic (exact) mass is 286 g/mol. The highest BCUT2D eigenvalue weighted by molar-refractivity contribution is 5.99. The van der Waals surface area contributed by atoms with Gasteiger partial charge in [0.15, 0.2) is 5.78 Å². The highest BCUT2D eigenvalue weighted by Crippen LogP contribution is 2.43. The molecule has 1 aromatic carbocycles. The van der Waals surface area contributed by atoms with Crippen LogP contribution >= 0.6 is 0 Å². The van der Waals surface area contributed by atoms with Crippen LogP contribution in [0.2, 0.25) is 0 Å².